The fraction of sp³-hybridized carbons (Fsp3) is 0.227. The van der Waals surface area contributed by atoms with Gasteiger partial charge in [-0.2, -0.15) is 4.68 Å². The van der Waals surface area contributed by atoms with Crippen molar-refractivity contribution in [3.05, 3.63) is 77.1 Å². The summed E-state index contributed by atoms with van der Waals surface area (Å²) in [6.07, 6.45) is 1.62. The molecule has 0 saturated carbocycles. The van der Waals surface area contributed by atoms with Crippen LogP contribution in [0.5, 0.6) is 0 Å². The van der Waals surface area contributed by atoms with E-state index >= 15 is 0 Å². The predicted octanol–water partition coefficient (Wildman–Crippen LogP) is 2.49. The minimum Gasteiger partial charge on any atom is -0.451 e. The largest absolute Gasteiger partial charge is 0.451 e. The van der Waals surface area contributed by atoms with Gasteiger partial charge in [-0.25, -0.2) is 4.79 Å². The minimum absolute atomic E-state index is 0.123. The molecule has 30 heavy (non-hydrogen) atoms. The number of tetrazole rings is 1. The first kappa shape index (κ1) is 20.9. The van der Waals surface area contributed by atoms with Gasteiger partial charge >= 0.3 is 5.97 Å². The van der Waals surface area contributed by atoms with E-state index in [0.29, 0.717) is 12.4 Å². The van der Waals surface area contributed by atoms with Gasteiger partial charge in [0, 0.05) is 13.6 Å². The minimum atomic E-state index is -0.688. The van der Waals surface area contributed by atoms with Gasteiger partial charge in [0.2, 0.25) is 0 Å². The molecule has 1 amide bonds. The number of rotatable bonds is 7. The van der Waals surface area contributed by atoms with E-state index < -0.39 is 5.97 Å². The van der Waals surface area contributed by atoms with E-state index in [-0.39, 0.29) is 18.2 Å². The molecule has 0 bridgehead atoms. The highest BCUT2D eigenvalue weighted by molar-refractivity contribution is 6.15. The Bertz CT molecular complexity index is 1060. The molecule has 0 N–H and O–H groups in total. The van der Waals surface area contributed by atoms with Gasteiger partial charge < -0.3 is 9.64 Å². The van der Waals surface area contributed by atoms with Crippen LogP contribution in [0.4, 0.5) is 0 Å². The standard InChI is InChI=1S/C22H23N5O3/c1-16-9-7-8-12-19(16)14-26(3)21(28)15-30-22(29)20(27-17(2)23-24-25-27)13-18-10-5-4-6-11-18/h4-13H,14-15H2,1-3H3/b20-13-. The smallest absolute Gasteiger partial charge is 0.357 e. The zero-order valence-electron chi connectivity index (χ0n) is 17.1. The molecule has 0 aliphatic rings. The van der Waals surface area contributed by atoms with Gasteiger partial charge in [0.25, 0.3) is 5.91 Å². The molecule has 3 rings (SSSR count). The molecule has 0 aliphatic carbocycles. The lowest BCUT2D eigenvalue weighted by Crippen LogP contribution is -2.31. The number of amides is 1. The molecule has 8 nitrogen and oxygen atoms in total. The molecule has 154 valence electrons. The van der Waals surface area contributed by atoms with E-state index in [1.807, 2.05) is 61.5 Å². The van der Waals surface area contributed by atoms with E-state index in [0.717, 1.165) is 16.7 Å². The van der Waals surface area contributed by atoms with Crippen LogP contribution in [0.25, 0.3) is 11.8 Å². The Morgan fingerprint density at radius 3 is 2.43 bits per heavy atom. The Balaban J connectivity index is 1.70. The van der Waals surface area contributed by atoms with Crippen molar-refractivity contribution in [3.63, 3.8) is 0 Å². The second kappa shape index (κ2) is 9.60. The number of carbonyl (C=O) groups is 2. The van der Waals surface area contributed by atoms with Crippen molar-refractivity contribution >= 4 is 23.6 Å². The van der Waals surface area contributed by atoms with Crippen LogP contribution in [-0.4, -0.2) is 50.6 Å². The third-order valence-corrected chi connectivity index (χ3v) is 4.59. The average molecular weight is 405 g/mol. The number of hydrogen-bond acceptors (Lipinski definition) is 6. The second-order valence-electron chi connectivity index (χ2n) is 6.83. The Labute approximate surface area is 174 Å². The molecule has 8 heteroatoms. The van der Waals surface area contributed by atoms with Crippen molar-refractivity contribution in [2.24, 2.45) is 0 Å². The predicted molar refractivity (Wildman–Crippen MR) is 112 cm³/mol. The number of benzene rings is 2. The first-order valence-electron chi connectivity index (χ1n) is 9.43. The highest BCUT2D eigenvalue weighted by atomic mass is 16.5. The Morgan fingerprint density at radius 2 is 1.77 bits per heavy atom. The van der Waals surface area contributed by atoms with Gasteiger partial charge in [-0.3, -0.25) is 4.79 Å². The van der Waals surface area contributed by atoms with E-state index in [2.05, 4.69) is 15.5 Å². The van der Waals surface area contributed by atoms with Crippen molar-refractivity contribution in [2.45, 2.75) is 20.4 Å². The van der Waals surface area contributed by atoms with Gasteiger partial charge in [-0.1, -0.05) is 54.6 Å². The summed E-state index contributed by atoms with van der Waals surface area (Å²) in [5.41, 5.74) is 3.03. The Hall–Kier alpha value is -3.81. The number of aryl methyl sites for hydroxylation is 2. The van der Waals surface area contributed by atoms with E-state index in [9.17, 15) is 9.59 Å². The Kier molecular flexibility index (Phi) is 6.69. The summed E-state index contributed by atoms with van der Waals surface area (Å²) < 4.78 is 6.58. The van der Waals surface area contributed by atoms with Gasteiger partial charge in [-0.05, 0) is 47.0 Å². The lowest BCUT2D eigenvalue weighted by molar-refractivity contribution is -0.147. The summed E-state index contributed by atoms with van der Waals surface area (Å²) in [6.45, 7) is 3.71. The first-order valence-corrected chi connectivity index (χ1v) is 9.43. The fourth-order valence-electron chi connectivity index (χ4n) is 2.81. The van der Waals surface area contributed by atoms with Gasteiger partial charge in [0.05, 0.1) is 0 Å². The average Bonchev–Trinajstić information content (AvgIpc) is 3.17. The third kappa shape index (κ3) is 5.16. The van der Waals surface area contributed by atoms with Crippen LogP contribution in [0.15, 0.2) is 54.6 Å². The number of hydrogen-bond donors (Lipinski definition) is 0. The summed E-state index contributed by atoms with van der Waals surface area (Å²) in [6, 6.07) is 17.1. The molecule has 0 atom stereocenters. The SMILES string of the molecule is Cc1ccccc1CN(C)C(=O)COC(=O)/C(=C/c1ccccc1)n1nnnc1C. The van der Waals surface area contributed by atoms with Crippen LogP contribution in [0.3, 0.4) is 0 Å². The number of aromatic nitrogens is 4. The second-order valence-corrected chi connectivity index (χ2v) is 6.83. The number of likely N-dealkylation sites (N-methyl/N-ethyl adjacent to an activating group) is 1. The fourth-order valence-corrected chi connectivity index (χ4v) is 2.81. The monoisotopic (exact) mass is 405 g/mol. The van der Waals surface area contributed by atoms with Crippen molar-refractivity contribution in [1.29, 1.82) is 0 Å². The molecule has 0 radical (unpaired) electrons. The summed E-state index contributed by atoms with van der Waals surface area (Å²) in [5.74, 6) is -0.567. The third-order valence-electron chi connectivity index (χ3n) is 4.59. The van der Waals surface area contributed by atoms with Crippen molar-refractivity contribution in [2.75, 3.05) is 13.7 Å². The molecule has 3 aromatic rings. The number of esters is 1. The summed E-state index contributed by atoms with van der Waals surface area (Å²) in [7, 11) is 1.68. The molecule has 0 spiro atoms. The van der Waals surface area contributed by atoms with Gasteiger partial charge in [0.15, 0.2) is 18.1 Å². The molecule has 0 saturated heterocycles. The summed E-state index contributed by atoms with van der Waals surface area (Å²) >= 11 is 0. The molecular formula is C22H23N5O3. The van der Waals surface area contributed by atoms with E-state index in [4.69, 9.17) is 4.74 Å². The molecule has 0 unspecified atom stereocenters. The van der Waals surface area contributed by atoms with Crippen LogP contribution in [0, 0.1) is 13.8 Å². The molecule has 1 aromatic heterocycles. The molecule has 0 aliphatic heterocycles. The zero-order chi connectivity index (χ0) is 21.5. The summed E-state index contributed by atoms with van der Waals surface area (Å²) in [5, 5.41) is 11.3. The maximum atomic E-state index is 12.8. The lowest BCUT2D eigenvalue weighted by Gasteiger charge is -2.18. The molecule has 0 fully saturated rings. The number of ether oxygens (including phenoxy) is 1. The maximum absolute atomic E-state index is 12.8. The van der Waals surface area contributed by atoms with Crippen molar-refractivity contribution < 1.29 is 14.3 Å². The van der Waals surface area contributed by atoms with Crippen LogP contribution in [0.2, 0.25) is 0 Å². The Morgan fingerprint density at radius 1 is 1.07 bits per heavy atom. The molecule has 2 aromatic carbocycles. The van der Waals surface area contributed by atoms with Gasteiger partial charge in [-0.15, -0.1) is 5.10 Å². The topological polar surface area (TPSA) is 90.2 Å². The molecule has 1 heterocycles. The molecular weight excluding hydrogens is 382 g/mol. The van der Waals surface area contributed by atoms with Crippen LogP contribution in [0.1, 0.15) is 22.5 Å². The quantitative estimate of drug-likeness (QED) is 0.443. The van der Waals surface area contributed by atoms with E-state index in [1.54, 1.807) is 20.0 Å². The highest BCUT2D eigenvalue weighted by Crippen LogP contribution is 2.14. The van der Waals surface area contributed by atoms with Crippen molar-refractivity contribution in [1.82, 2.24) is 25.1 Å². The van der Waals surface area contributed by atoms with E-state index in [1.165, 1.54) is 9.58 Å². The summed E-state index contributed by atoms with van der Waals surface area (Å²) in [4.78, 5) is 26.8. The number of carbonyl (C=O) groups excluding carboxylic acids is 2. The van der Waals surface area contributed by atoms with Crippen LogP contribution >= 0.6 is 0 Å². The lowest BCUT2D eigenvalue weighted by atomic mass is 10.1. The van der Waals surface area contributed by atoms with Gasteiger partial charge in [0.1, 0.15) is 0 Å². The highest BCUT2D eigenvalue weighted by Gasteiger charge is 2.20. The van der Waals surface area contributed by atoms with Crippen molar-refractivity contribution in [3.8, 4) is 0 Å². The first-order chi connectivity index (χ1) is 14.5. The van der Waals surface area contributed by atoms with Crippen LogP contribution in [-0.2, 0) is 20.9 Å². The maximum Gasteiger partial charge on any atom is 0.357 e. The normalized spacial score (nSPS) is 11.2. The van der Waals surface area contributed by atoms with Crippen LogP contribution < -0.4 is 0 Å². The zero-order valence-corrected chi connectivity index (χ0v) is 17.1. The number of nitrogens with zero attached hydrogens (tertiary/aromatic N) is 5.